The number of halogens is 2. The Hall–Kier alpha value is -3.26. The van der Waals surface area contributed by atoms with Crippen LogP contribution in [0.15, 0.2) is 88.0 Å². The maximum atomic E-state index is 12.9. The number of rotatable bonds is 4. The van der Waals surface area contributed by atoms with Crippen LogP contribution in [0.25, 0.3) is 16.2 Å². The van der Waals surface area contributed by atoms with Crippen molar-refractivity contribution in [2.24, 2.45) is 4.99 Å². The number of nitrogens with zero attached hydrogens (tertiary/aromatic N) is 1. The average molecular weight is 539 g/mol. The van der Waals surface area contributed by atoms with E-state index in [1.165, 1.54) is 17.4 Å². The van der Waals surface area contributed by atoms with Gasteiger partial charge < -0.3 is 9.47 Å². The van der Waals surface area contributed by atoms with Crippen LogP contribution in [0.4, 0.5) is 0 Å². The van der Waals surface area contributed by atoms with Gasteiger partial charge in [0.15, 0.2) is 5.70 Å². The van der Waals surface area contributed by atoms with Crippen molar-refractivity contribution in [3.63, 3.8) is 0 Å². The molecule has 3 aromatic carbocycles. The summed E-state index contributed by atoms with van der Waals surface area (Å²) in [6.45, 7) is 0. The highest BCUT2D eigenvalue weighted by Gasteiger charge is 2.25. The molecule has 5 rings (SSSR count). The van der Waals surface area contributed by atoms with E-state index in [1.807, 2.05) is 36.4 Å². The second-order valence-corrected chi connectivity index (χ2v) is 9.36. The van der Waals surface area contributed by atoms with Crippen LogP contribution in [0.2, 0.25) is 5.02 Å². The number of hydrogen-bond donors (Lipinski definition) is 0. The van der Waals surface area contributed by atoms with E-state index in [2.05, 4.69) is 20.9 Å². The van der Waals surface area contributed by atoms with Crippen LogP contribution in [0.1, 0.15) is 20.8 Å². The molecule has 0 atom stereocenters. The number of fused-ring (bicyclic) bond motifs is 1. The molecule has 2 heterocycles. The van der Waals surface area contributed by atoms with Crippen LogP contribution in [0.3, 0.4) is 0 Å². The number of para-hydroxylation sites is 1. The summed E-state index contributed by atoms with van der Waals surface area (Å²) in [5.74, 6) is -0.649. The summed E-state index contributed by atoms with van der Waals surface area (Å²) >= 11 is 11.1. The number of aliphatic imine (C=N–C) groups is 1. The Bertz CT molecular complexity index is 1480. The Morgan fingerprint density at radius 3 is 2.64 bits per heavy atom. The van der Waals surface area contributed by atoms with Gasteiger partial charge in [-0.1, -0.05) is 70.0 Å². The molecule has 162 valence electrons. The Kier molecular flexibility index (Phi) is 5.85. The standard InChI is InChI=1S/C25H13BrClNO4S/c26-16-10-11-17-20(13-16)33-22(21(17)27)25(30)31-19-9-5-4-8-15(19)12-18-24(29)32-23(28-18)14-6-2-1-3-7-14/h1-13H/b18-12+. The van der Waals surface area contributed by atoms with Gasteiger partial charge in [0.2, 0.25) is 5.90 Å². The van der Waals surface area contributed by atoms with E-state index in [0.29, 0.717) is 21.0 Å². The molecule has 0 aliphatic carbocycles. The predicted octanol–water partition coefficient (Wildman–Crippen LogP) is 6.88. The van der Waals surface area contributed by atoms with Crippen molar-refractivity contribution in [2.45, 2.75) is 0 Å². The lowest BCUT2D eigenvalue weighted by atomic mass is 10.1. The molecule has 1 aliphatic heterocycles. The molecule has 0 radical (unpaired) electrons. The highest BCUT2D eigenvalue weighted by Crippen LogP contribution is 2.37. The Morgan fingerprint density at radius 2 is 1.82 bits per heavy atom. The van der Waals surface area contributed by atoms with Crippen LogP contribution in [-0.4, -0.2) is 17.8 Å². The fourth-order valence-electron chi connectivity index (χ4n) is 3.27. The molecule has 0 saturated heterocycles. The number of esters is 2. The number of carbonyl (C=O) groups excluding carboxylic acids is 2. The highest BCUT2D eigenvalue weighted by molar-refractivity contribution is 9.10. The van der Waals surface area contributed by atoms with Crippen molar-refractivity contribution < 1.29 is 19.1 Å². The molecule has 8 heteroatoms. The second-order valence-electron chi connectivity index (χ2n) is 7.02. The van der Waals surface area contributed by atoms with Gasteiger partial charge in [-0.25, -0.2) is 14.6 Å². The third kappa shape index (κ3) is 4.35. The number of hydrogen-bond acceptors (Lipinski definition) is 6. The molecular weight excluding hydrogens is 526 g/mol. The maximum absolute atomic E-state index is 12.9. The molecule has 0 fully saturated rings. The third-order valence-electron chi connectivity index (χ3n) is 4.83. The monoisotopic (exact) mass is 537 g/mol. The Labute approximate surface area is 206 Å². The molecule has 0 amide bonds. The minimum atomic E-state index is -0.578. The molecule has 33 heavy (non-hydrogen) atoms. The van der Waals surface area contributed by atoms with Crippen molar-refractivity contribution in [3.8, 4) is 5.75 Å². The second kappa shape index (κ2) is 8.94. The molecular formula is C25H13BrClNO4S. The van der Waals surface area contributed by atoms with Crippen LogP contribution >= 0.6 is 38.9 Å². The zero-order valence-corrected chi connectivity index (χ0v) is 19.9. The van der Waals surface area contributed by atoms with E-state index in [-0.39, 0.29) is 17.3 Å². The predicted molar refractivity (Wildman–Crippen MR) is 133 cm³/mol. The molecule has 1 aliphatic rings. The lowest BCUT2D eigenvalue weighted by molar-refractivity contribution is -0.129. The summed E-state index contributed by atoms with van der Waals surface area (Å²) in [7, 11) is 0. The minimum absolute atomic E-state index is 0.113. The molecule has 4 aromatic rings. The van der Waals surface area contributed by atoms with Crippen molar-refractivity contribution in [1.29, 1.82) is 0 Å². The van der Waals surface area contributed by atoms with E-state index in [9.17, 15) is 9.59 Å². The van der Waals surface area contributed by atoms with Crippen LogP contribution < -0.4 is 4.74 Å². The quantitative estimate of drug-likeness (QED) is 0.161. The van der Waals surface area contributed by atoms with Crippen LogP contribution in [-0.2, 0) is 9.53 Å². The minimum Gasteiger partial charge on any atom is -0.422 e. The van der Waals surface area contributed by atoms with Gasteiger partial charge >= 0.3 is 11.9 Å². The first kappa shape index (κ1) is 21.6. The Morgan fingerprint density at radius 1 is 1.06 bits per heavy atom. The summed E-state index contributed by atoms with van der Waals surface area (Å²) in [6, 6.07) is 21.6. The molecule has 0 unspecified atom stereocenters. The topological polar surface area (TPSA) is 65.0 Å². The van der Waals surface area contributed by atoms with Gasteiger partial charge in [-0.05, 0) is 36.4 Å². The molecule has 5 nitrogen and oxygen atoms in total. The molecule has 0 saturated carbocycles. The van der Waals surface area contributed by atoms with Gasteiger partial charge in [-0.2, -0.15) is 0 Å². The maximum Gasteiger partial charge on any atom is 0.363 e. The number of benzene rings is 3. The van der Waals surface area contributed by atoms with E-state index >= 15 is 0 Å². The Balaban J connectivity index is 1.45. The van der Waals surface area contributed by atoms with Gasteiger partial charge in [0.05, 0.1) is 5.02 Å². The van der Waals surface area contributed by atoms with Crippen LogP contribution in [0.5, 0.6) is 5.75 Å². The average Bonchev–Trinajstić information content (AvgIpc) is 3.35. The summed E-state index contributed by atoms with van der Waals surface area (Å²) in [5, 5.41) is 1.13. The first-order valence-corrected chi connectivity index (χ1v) is 11.7. The molecule has 0 bridgehead atoms. The van der Waals surface area contributed by atoms with E-state index in [0.717, 1.165) is 14.6 Å². The van der Waals surface area contributed by atoms with Gasteiger partial charge in [0, 0.05) is 25.7 Å². The number of carbonyl (C=O) groups is 2. The van der Waals surface area contributed by atoms with Gasteiger partial charge in [-0.3, -0.25) is 0 Å². The van der Waals surface area contributed by atoms with Crippen molar-refractivity contribution in [1.82, 2.24) is 0 Å². The van der Waals surface area contributed by atoms with E-state index < -0.39 is 11.9 Å². The lowest BCUT2D eigenvalue weighted by Crippen LogP contribution is -2.08. The van der Waals surface area contributed by atoms with Gasteiger partial charge in [0.1, 0.15) is 10.6 Å². The zero-order valence-electron chi connectivity index (χ0n) is 16.7. The highest BCUT2D eigenvalue weighted by atomic mass is 79.9. The fourth-order valence-corrected chi connectivity index (χ4v) is 5.21. The summed E-state index contributed by atoms with van der Waals surface area (Å²) in [5.41, 5.74) is 1.32. The van der Waals surface area contributed by atoms with Crippen molar-refractivity contribution in [3.05, 3.63) is 104 Å². The zero-order chi connectivity index (χ0) is 22.9. The van der Waals surface area contributed by atoms with Crippen molar-refractivity contribution >= 4 is 72.9 Å². The summed E-state index contributed by atoms with van der Waals surface area (Å²) < 4.78 is 12.7. The number of ether oxygens (including phenoxy) is 2. The molecule has 1 aromatic heterocycles. The van der Waals surface area contributed by atoms with E-state index in [4.69, 9.17) is 21.1 Å². The number of cyclic esters (lactones) is 1. The molecule has 0 N–H and O–H groups in total. The normalized spacial score (nSPS) is 14.4. The largest absolute Gasteiger partial charge is 0.422 e. The fraction of sp³-hybridized carbons (Fsp3) is 0. The first-order chi connectivity index (χ1) is 16.0. The van der Waals surface area contributed by atoms with Crippen molar-refractivity contribution in [2.75, 3.05) is 0 Å². The SMILES string of the molecule is O=C1OC(c2ccccc2)=N/C1=C/c1ccccc1OC(=O)c1sc2cc(Br)ccc2c1Cl. The first-order valence-electron chi connectivity index (χ1n) is 9.76. The third-order valence-corrected chi connectivity index (χ3v) is 6.96. The van der Waals surface area contributed by atoms with Crippen LogP contribution in [0, 0.1) is 0 Å². The van der Waals surface area contributed by atoms with Gasteiger partial charge in [0.25, 0.3) is 0 Å². The summed E-state index contributed by atoms with van der Waals surface area (Å²) in [4.78, 5) is 29.9. The smallest absolute Gasteiger partial charge is 0.363 e. The lowest BCUT2D eigenvalue weighted by Gasteiger charge is -2.07. The van der Waals surface area contributed by atoms with Gasteiger partial charge in [-0.15, -0.1) is 11.3 Å². The summed E-state index contributed by atoms with van der Waals surface area (Å²) in [6.07, 6.45) is 1.53. The van der Waals surface area contributed by atoms with E-state index in [1.54, 1.807) is 36.4 Å². The molecule has 0 spiro atoms. The number of thiophene rings is 1.